The maximum absolute atomic E-state index is 14.5. The average molecular weight is 346 g/mol. The standard InChI is InChI=1S/C15H15F4N3O2/c1-3-22-6-10-11(16)4-9(5-12(10)23-7-8(22)2)13-20-14(24-21-13)15(17,18)19/h4-5,8H,3,6-7H2,1-2H3/i3D. The Morgan fingerprint density at radius 2 is 2.17 bits per heavy atom. The lowest BCUT2D eigenvalue weighted by atomic mass is 10.1. The first kappa shape index (κ1) is 15.4. The van der Waals surface area contributed by atoms with Crippen molar-refractivity contribution in [1.29, 1.82) is 0 Å². The Kier molecular flexibility index (Phi) is 3.87. The lowest BCUT2D eigenvalue weighted by Crippen LogP contribution is -2.34. The molecule has 0 radical (unpaired) electrons. The van der Waals surface area contributed by atoms with E-state index in [0.717, 1.165) is 6.07 Å². The Morgan fingerprint density at radius 3 is 2.79 bits per heavy atom. The van der Waals surface area contributed by atoms with Crippen molar-refractivity contribution < 1.29 is 28.2 Å². The number of alkyl halides is 3. The number of halogens is 4. The van der Waals surface area contributed by atoms with Gasteiger partial charge in [-0.1, -0.05) is 12.1 Å². The van der Waals surface area contributed by atoms with Crippen LogP contribution in [0.25, 0.3) is 11.4 Å². The van der Waals surface area contributed by atoms with E-state index in [1.54, 1.807) is 11.8 Å². The van der Waals surface area contributed by atoms with Crippen molar-refractivity contribution in [1.82, 2.24) is 15.0 Å². The van der Waals surface area contributed by atoms with Crippen LogP contribution in [0.5, 0.6) is 5.75 Å². The lowest BCUT2D eigenvalue weighted by molar-refractivity contribution is -0.159. The Morgan fingerprint density at radius 1 is 1.42 bits per heavy atom. The van der Waals surface area contributed by atoms with Crippen LogP contribution in [0.4, 0.5) is 17.6 Å². The van der Waals surface area contributed by atoms with Gasteiger partial charge in [-0.05, 0) is 25.6 Å². The topological polar surface area (TPSA) is 51.4 Å². The molecule has 3 rings (SSSR count). The van der Waals surface area contributed by atoms with Gasteiger partial charge < -0.3 is 9.26 Å². The molecule has 2 aromatic rings. The van der Waals surface area contributed by atoms with Crippen LogP contribution in [0.3, 0.4) is 0 Å². The van der Waals surface area contributed by atoms with Gasteiger partial charge in [-0.3, -0.25) is 4.90 Å². The Hall–Kier alpha value is -2.16. The molecule has 0 aliphatic carbocycles. The smallest absolute Gasteiger partial charge is 0.471 e. The summed E-state index contributed by atoms with van der Waals surface area (Å²) in [5.41, 5.74) is 0.266. The van der Waals surface area contributed by atoms with Crippen molar-refractivity contribution >= 4 is 0 Å². The van der Waals surface area contributed by atoms with Gasteiger partial charge in [0.05, 0.1) is 0 Å². The number of ether oxygens (including phenoxy) is 1. The third-order valence-electron chi connectivity index (χ3n) is 3.80. The van der Waals surface area contributed by atoms with Crippen molar-refractivity contribution in [3.05, 3.63) is 29.4 Å². The SMILES string of the molecule is [2H]C(C)N1Cc2c(F)cc(-c3noc(C(F)(F)F)n3)cc2OCC1C. The van der Waals surface area contributed by atoms with Crippen LogP contribution in [0.15, 0.2) is 16.7 Å². The molecule has 1 aliphatic heterocycles. The van der Waals surface area contributed by atoms with Crippen LogP contribution in [0, 0.1) is 5.82 Å². The zero-order chi connectivity index (χ0) is 18.4. The highest BCUT2D eigenvalue weighted by Crippen LogP contribution is 2.34. The summed E-state index contributed by atoms with van der Waals surface area (Å²) in [6.45, 7) is 3.35. The fourth-order valence-electron chi connectivity index (χ4n) is 2.47. The molecule has 24 heavy (non-hydrogen) atoms. The highest BCUT2D eigenvalue weighted by molar-refractivity contribution is 5.59. The molecule has 5 nitrogen and oxygen atoms in total. The van der Waals surface area contributed by atoms with Crippen molar-refractivity contribution in [3.63, 3.8) is 0 Å². The summed E-state index contributed by atoms with van der Waals surface area (Å²) in [6.07, 6.45) is -4.77. The summed E-state index contributed by atoms with van der Waals surface area (Å²) in [5.74, 6) is -2.34. The monoisotopic (exact) mass is 346 g/mol. The van der Waals surface area contributed by atoms with Crippen LogP contribution in [-0.2, 0) is 12.7 Å². The number of hydrogen-bond donors (Lipinski definition) is 0. The van der Waals surface area contributed by atoms with E-state index >= 15 is 0 Å². The van der Waals surface area contributed by atoms with Gasteiger partial charge in [0.1, 0.15) is 18.2 Å². The summed E-state index contributed by atoms with van der Waals surface area (Å²) in [7, 11) is 0. The summed E-state index contributed by atoms with van der Waals surface area (Å²) < 4.78 is 69.8. The van der Waals surface area contributed by atoms with E-state index in [1.165, 1.54) is 6.07 Å². The normalized spacial score (nSPS) is 20.8. The second-order valence-corrected chi connectivity index (χ2v) is 5.45. The Bertz CT molecular complexity index is 779. The lowest BCUT2D eigenvalue weighted by Gasteiger charge is -2.23. The third-order valence-corrected chi connectivity index (χ3v) is 3.80. The number of hydrogen-bond acceptors (Lipinski definition) is 5. The highest BCUT2D eigenvalue weighted by atomic mass is 19.4. The van der Waals surface area contributed by atoms with E-state index < -0.39 is 24.4 Å². The molecule has 0 amide bonds. The first-order chi connectivity index (χ1) is 11.7. The average Bonchev–Trinajstić information content (AvgIpc) is 2.94. The molecule has 130 valence electrons. The first-order valence-electron chi connectivity index (χ1n) is 7.79. The van der Waals surface area contributed by atoms with E-state index in [1.807, 2.05) is 6.92 Å². The molecular formula is C15H15F4N3O2. The van der Waals surface area contributed by atoms with Gasteiger partial charge in [-0.15, -0.1) is 0 Å². The van der Waals surface area contributed by atoms with Crippen LogP contribution in [0.2, 0.25) is 0 Å². The highest BCUT2D eigenvalue weighted by Gasteiger charge is 2.38. The van der Waals surface area contributed by atoms with Gasteiger partial charge in [0.2, 0.25) is 5.82 Å². The van der Waals surface area contributed by atoms with Crippen molar-refractivity contribution in [2.24, 2.45) is 0 Å². The maximum atomic E-state index is 14.5. The minimum atomic E-state index is -4.77. The number of rotatable bonds is 2. The number of likely N-dealkylation sites (N-methyl/N-ethyl adjacent to an activating group) is 1. The second-order valence-electron chi connectivity index (χ2n) is 5.45. The molecular weight excluding hydrogens is 330 g/mol. The van der Waals surface area contributed by atoms with Gasteiger partial charge in [0.25, 0.3) is 0 Å². The molecule has 0 saturated heterocycles. The van der Waals surface area contributed by atoms with Gasteiger partial charge in [0.15, 0.2) is 0 Å². The molecule has 0 N–H and O–H groups in total. The third kappa shape index (κ3) is 3.08. The van der Waals surface area contributed by atoms with E-state index in [4.69, 9.17) is 6.11 Å². The minimum Gasteiger partial charge on any atom is -0.491 e. The van der Waals surface area contributed by atoms with E-state index in [9.17, 15) is 17.6 Å². The molecule has 2 unspecified atom stereocenters. The summed E-state index contributed by atoms with van der Waals surface area (Å²) in [5, 5.41) is 3.26. The number of benzene rings is 1. The van der Waals surface area contributed by atoms with Gasteiger partial charge in [0, 0.05) is 25.1 Å². The van der Waals surface area contributed by atoms with E-state index in [2.05, 4.69) is 14.7 Å². The molecule has 1 aromatic carbocycles. The molecule has 0 bridgehead atoms. The summed E-state index contributed by atoms with van der Waals surface area (Å²) in [4.78, 5) is 5.01. The van der Waals surface area contributed by atoms with Crippen molar-refractivity contribution in [2.75, 3.05) is 13.1 Å². The molecule has 0 spiro atoms. The summed E-state index contributed by atoms with van der Waals surface area (Å²) in [6, 6.07) is 2.30. The van der Waals surface area contributed by atoms with Crippen molar-refractivity contribution in [2.45, 2.75) is 32.6 Å². The molecule has 1 aliphatic rings. The number of fused-ring (bicyclic) bond motifs is 1. The van der Waals surface area contributed by atoms with Crippen LogP contribution in [-0.4, -0.2) is 34.2 Å². The zero-order valence-electron chi connectivity index (χ0n) is 13.9. The Balaban J connectivity index is 1.99. The van der Waals surface area contributed by atoms with Gasteiger partial charge in [-0.2, -0.15) is 18.2 Å². The molecule has 1 aromatic heterocycles. The largest absolute Gasteiger partial charge is 0.491 e. The predicted molar refractivity (Wildman–Crippen MR) is 75.7 cm³/mol. The molecule has 9 heteroatoms. The van der Waals surface area contributed by atoms with Crippen molar-refractivity contribution in [3.8, 4) is 17.1 Å². The van der Waals surface area contributed by atoms with Gasteiger partial charge in [-0.25, -0.2) is 4.39 Å². The van der Waals surface area contributed by atoms with Crippen LogP contribution >= 0.6 is 0 Å². The van der Waals surface area contributed by atoms with Crippen LogP contribution in [0.1, 0.15) is 26.7 Å². The second kappa shape index (κ2) is 6.04. The maximum Gasteiger partial charge on any atom is 0.471 e. The molecule has 2 heterocycles. The predicted octanol–water partition coefficient (Wildman–Crippen LogP) is 3.50. The Labute approximate surface area is 136 Å². The minimum absolute atomic E-state index is 0.0236. The van der Waals surface area contributed by atoms with E-state index in [-0.39, 0.29) is 41.9 Å². The number of nitrogens with zero attached hydrogens (tertiary/aromatic N) is 3. The molecule has 2 atom stereocenters. The first-order valence-corrected chi connectivity index (χ1v) is 7.21. The quantitative estimate of drug-likeness (QED) is 0.779. The van der Waals surface area contributed by atoms with Gasteiger partial charge >= 0.3 is 12.1 Å². The fourth-order valence-corrected chi connectivity index (χ4v) is 2.47. The van der Waals surface area contributed by atoms with E-state index in [0.29, 0.717) is 0 Å². The zero-order valence-corrected chi connectivity index (χ0v) is 12.9. The number of aromatic nitrogens is 2. The molecule has 0 saturated carbocycles. The summed E-state index contributed by atoms with van der Waals surface area (Å²) >= 11 is 0. The molecule has 0 fully saturated rings. The van der Waals surface area contributed by atoms with Crippen LogP contribution < -0.4 is 4.74 Å². The fraction of sp³-hybridized carbons (Fsp3) is 0.467.